The van der Waals surface area contributed by atoms with Crippen molar-refractivity contribution in [2.75, 3.05) is 0 Å². The van der Waals surface area contributed by atoms with E-state index in [-0.39, 0.29) is 5.78 Å². The molecule has 0 unspecified atom stereocenters. The van der Waals surface area contributed by atoms with Gasteiger partial charge in [0.1, 0.15) is 5.60 Å². The van der Waals surface area contributed by atoms with Crippen LogP contribution in [0.25, 0.3) is 0 Å². The highest BCUT2D eigenvalue weighted by Crippen LogP contribution is 2.22. The molecular weight excluding hydrogens is 276 g/mol. The lowest BCUT2D eigenvalue weighted by Gasteiger charge is -2.34. The zero-order chi connectivity index (χ0) is 15.5. The molecule has 3 heteroatoms. The van der Waals surface area contributed by atoms with Crippen LogP contribution in [-0.4, -0.2) is 19.7 Å². The first-order valence-electron chi connectivity index (χ1n) is 7.18. The van der Waals surface area contributed by atoms with E-state index in [4.69, 9.17) is 4.43 Å². The van der Waals surface area contributed by atoms with Crippen molar-refractivity contribution in [1.82, 2.24) is 0 Å². The van der Waals surface area contributed by atoms with Gasteiger partial charge in [-0.15, -0.1) is 0 Å². The first-order chi connectivity index (χ1) is 9.83. The molecule has 0 saturated heterocycles. The fourth-order valence-corrected chi connectivity index (χ4v) is 5.00. The number of hydrogen-bond acceptors (Lipinski definition) is 2. The minimum absolute atomic E-state index is 0.0274. The Morgan fingerprint density at radius 3 is 1.90 bits per heavy atom. The maximum atomic E-state index is 12.7. The Balaban J connectivity index is 2.23. The van der Waals surface area contributed by atoms with Crippen molar-refractivity contribution >= 4 is 19.3 Å². The van der Waals surface area contributed by atoms with E-state index in [1.807, 2.05) is 62.4 Å². The average Bonchev–Trinajstić information content (AvgIpc) is 2.47. The molecule has 110 valence electrons. The van der Waals surface area contributed by atoms with Gasteiger partial charge in [0.25, 0.3) is 0 Å². The number of Topliss-reactive ketones (excluding diaryl/α,β-unsaturated/α-hetero) is 1. The summed E-state index contributed by atoms with van der Waals surface area (Å²) in [5, 5.41) is 1.19. The van der Waals surface area contributed by atoms with Crippen molar-refractivity contribution in [3.63, 3.8) is 0 Å². The van der Waals surface area contributed by atoms with Crippen LogP contribution < -0.4 is 5.19 Å². The lowest BCUT2D eigenvalue weighted by molar-refractivity contribution is 0.0564. The highest BCUT2D eigenvalue weighted by molar-refractivity contribution is 6.84. The molecule has 2 rings (SSSR count). The number of carbonyl (C=O) groups is 1. The summed E-state index contributed by atoms with van der Waals surface area (Å²) in [6, 6.07) is 19.5. The number of hydrogen-bond donors (Lipinski definition) is 0. The zero-order valence-corrected chi connectivity index (χ0v) is 14.1. The standard InChI is InChI=1S/C18H22O2Si/c1-18(2,17(19)15-11-7-5-8-12-15)20-21(3,4)16-13-9-6-10-14-16/h5-14H,1-4H3. The summed E-state index contributed by atoms with van der Waals surface area (Å²) in [5.74, 6) is 0.0274. The summed E-state index contributed by atoms with van der Waals surface area (Å²) in [4.78, 5) is 12.7. The highest BCUT2D eigenvalue weighted by Gasteiger charge is 2.38. The normalized spacial score (nSPS) is 12.2. The van der Waals surface area contributed by atoms with E-state index in [0.29, 0.717) is 5.56 Å². The highest BCUT2D eigenvalue weighted by atomic mass is 28.4. The zero-order valence-electron chi connectivity index (χ0n) is 13.1. The minimum Gasteiger partial charge on any atom is -0.401 e. The topological polar surface area (TPSA) is 26.3 Å². The number of benzene rings is 2. The van der Waals surface area contributed by atoms with E-state index in [9.17, 15) is 4.79 Å². The molecule has 0 N–H and O–H groups in total. The quantitative estimate of drug-likeness (QED) is 0.620. The number of ketones is 1. The van der Waals surface area contributed by atoms with Gasteiger partial charge in [0, 0.05) is 5.56 Å². The van der Waals surface area contributed by atoms with Crippen LogP contribution in [0.1, 0.15) is 24.2 Å². The van der Waals surface area contributed by atoms with E-state index in [1.165, 1.54) is 5.19 Å². The smallest absolute Gasteiger partial charge is 0.219 e. The van der Waals surface area contributed by atoms with Crippen molar-refractivity contribution in [1.29, 1.82) is 0 Å². The van der Waals surface area contributed by atoms with Gasteiger partial charge in [-0.2, -0.15) is 0 Å². The van der Waals surface area contributed by atoms with Gasteiger partial charge < -0.3 is 4.43 Å². The Morgan fingerprint density at radius 2 is 1.38 bits per heavy atom. The SMILES string of the molecule is CC(C)(O[Si](C)(C)c1ccccc1)C(=O)c1ccccc1. The molecule has 2 aromatic rings. The second-order valence-electron chi connectivity index (χ2n) is 6.18. The summed E-state index contributed by atoms with van der Waals surface area (Å²) in [7, 11) is -2.13. The molecule has 0 radical (unpaired) electrons. The number of rotatable bonds is 5. The van der Waals surface area contributed by atoms with Crippen LogP contribution in [0.3, 0.4) is 0 Å². The first-order valence-corrected chi connectivity index (χ1v) is 10.1. The van der Waals surface area contributed by atoms with Gasteiger partial charge in [-0.1, -0.05) is 60.7 Å². The predicted molar refractivity (Wildman–Crippen MR) is 89.5 cm³/mol. The van der Waals surface area contributed by atoms with E-state index in [0.717, 1.165) is 0 Å². The van der Waals surface area contributed by atoms with E-state index >= 15 is 0 Å². The van der Waals surface area contributed by atoms with Crippen LogP contribution >= 0.6 is 0 Å². The third kappa shape index (κ3) is 3.68. The molecule has 0 bridgehead atoms. The van der Waals surface area contributed by atoms with E-state index in [1.54, 1.807) is 0 Å². The van der Waals surface area contributed by atoms with Crippen molar-refractivity contribution in [2.45, 2.75) is 32.5 Å². The van der Waals surface area contributed by atoms with Gasteiger partial charge in [-0.05, 0) is 32.1 Å². The Hall–Kier alpha value is -1.71. The molecule has 2 nitrogen and oxygen atoms in total. The molecule has 0 aliphatic carbocycles. The molecule has 0 atom stereocenters. The Labute approximate surface area is 127 Å². The van der Waals surface area contributed by atoms with Gasteiger partial charge in [-0.3, -0.25) is 4.79 Å². The van der Waals surface area contributed by atoms with Crippen LogP contribution in [0.4, 0.5) is 0 Å². The summed E-state index contributed by atoms with van der Waals surface area (Å²) in [5.41, 5.74) is -0.132. The third-order valence-corrected chi connectivity index (χ3v) is 6.31. The summed E-state index contributed by atoms with van der Waals surface area (Å²) < 4.78 is 6.32. The van der Waals surface area contributed by atoms with Gasteiger partial charge in [0.15, 0.2) is 5.78 Å². The van der Waals surface area contributed by atoms with Gasteiger partial charge in [0.05, 0.1) is 0 Å². The fraction of sp³-hybridized carbons (Fsp3) is 0.278. The molecule has 0 amide bonds. The van der Waals surface area contributed by atoms with Crippen molar-refractivity contribution in [3.05, 3.63) is 66.2 Å². The summed E-state index contributed by atoms with van der Waals surface area (Å²) >= 11 is 0. The Bertz CT molecular complexity index is 604. The van der Waals surface area contributed by atoms with Gasteiger partial charge in [-0.25, -0.2) is 0 Å². The average molecular weight is 298 g/mol. The number of carbonyl (C=O) groups excluding carboxylic acids is 1. The second kappa shape index (κ2) is 5.96. The van der Waals surface area contributed by atoms with Crippen molar-refractivity contribution in [3.8, 4) is 0 Å². The molecule has 0 aliphatic heterocycles. The van der Waals surface area contributed by atoms with Crippen LogP contribution in [0.15, 0.2) is 60.7 Å². The summed E-state index contributed by atoms with van der Waals surface area (Å²) in [6.45, 7) is 7.98. The maximum Gasteiger partial charge on any atom is 0.219 e. The fourth-order valence-electron chi connectivity index (χ4n) is 2.52. The van der Waals surface area contributed by atoms with Crippen molar-refractivity contribution < 1.29 is 9.22 Å². The molecule has 0 aromatic heterocycles. The monoisotopic (exact) mass is 298 g/mol. The van der Waals surface area contributed by atoms with Crippen LogP contribution in [0.2, 0.25) is 13.1 Å². The lowest BCUT2D eigenvalue weighted by atomic mass is 9.97. The molecule has 0 heterocycles. The molecule has 0 fully saturated rings. The first kappa shape index (κ1) is 15.7. The molecule has 0 aliphatic rings. The second-order valence-corrected chi connectivity index (χ2v) is 9.99. The Morgan fingerprint density at radius 1 is 0.905 bits per heavy atom. The maximum absolute atomic E-state index is 12.7. The minimum atomic E-state index is -2.13. The Kier molecular flexibility index (Phi) is 4.45. The predicted octanol–water partition coefficient (Wildman–Crippen LogP) is 3.78. The molecule has 2 aromatic carbocycles. The van der Waals surface area contributed by atoms with Gasteiger partial charge >= 0.3 is 0 Å². The largest absolute Gasteiger partial charge is 0.401 e. The van der Waals surface area contributed by atoms with Crippen LogP contribution in [-0.2, 0) is 4.43 Å². The van der Waals surface area contributed by atoms with E-state index in [2.05, 4.69) is 25.2 Å². The third-order valence-electron chi connectivity index (χ3n) is 3.56. The summed E-state index contributed by atoms with van der Waals surface area (Å²) in [6.07, 6.45) is 0. The van der Waals surface area contributed by atoms with Gasteiger partial charge in [0.2, 0.25) is 8.32 Å². The molecule has 0 spiro atoms. The van der Waals surface area contributed by atoms with Crippen molar-refractivity contribution in [2.24, 2.45) is 0 Å². The van der Waals surface area contributed by atoms with E-state index < -0.39 is 13.9 Å². The van der Waals surface area contributed by atoms with Crippen LogP contribution in [0, 0.1) is 0 Å². The lowest BCUT2D eigenvalue weighted by Crippen LogP contribution is -2.53. The molecule has 0 saturated carbocycles. The molecule has 21 heavy (non-hydrogen) atoms. The molecular formula is C18H22O2Si. The van der Waals surface area contributed by atoms with Crippen LogP contribution in [0.5, 0.6) is 0 Å².